The molecule has 0 bridgehead atoms. The number of carbonyl (C=O) groups excluding carboxylic acids is 1. The van der Waals surface area contributed by atoms with Gasteiger partial charge in [0.2, 0.25) is 0 Å². The fraction of sp³-hybridized carbons (Fsp3) is 0.333. The first-order valence-corrected chi connectivity index (χ1v) is 7.40. The summed E-state index contributed by atoms with van der Waals surface area (Å²) in [7, 11) is 0. The van der Waals surface area contributed by atoms with Gasteiger partial charge in [0.15, 0.2) is 5.69 Å². The van der Waals surface area contributed by atoms with Crippen molar-refractivity contribution in [1.29, 1.82) is 0 Å². The highest BCUT2D eigenvalue weighted by Gasteiger charge is 2.37. The summed E-state index contributed by atoms with van der Waals surface area (Å²) in [5, 5.41) is 5.93. The van der Waals surface area contributed by atoms with Crippen LogP contribution in [0.2, 0.25) is 5.02 Å². The average molecular weight is 344 g/mol. The normalized spacial score (nSPS) is 14.8. The van der Waals surface area contributed by atoms with Crippen LogP contribution in [-0.4, -0.2) is 27.0 Å². The van der Waals surface area contributed by atoms with Crippen LogP contribution >= 0.6 is 11.6 Å². The van der Waals surface area contributed by atoms with Crippen LogP contribution in [0.25, 0.3) is 0 Å². The lowest BCUT2D eigenvalue weighted by Gasteiger charge is -2.21. The summed E-state index contributed by atoms with van der Waals surface area (Å²) in [6, 6.07) is 7.82. The Morgan fingerprint density at radius 3 is 2.65 bits per heavy atom. The molecule has 1 N–H and O–H groups in total. The molecule has 1 aromatic carbocycles. The summed E-state index contributed by atoms with van der Waals surface area (Å²) in [5.41, 5.74) is -0.435. The first-order chi connectivity index (χ1) is 10.8. The molecular formula is C15H13ClF3N3O. The van der Waals surface area contributed by atoms with Gasteiger partial charge in [-0.25, -0.2) is 0 Å². The van der Waals surface area contributed by atoms with E-state index in [0.29, 0.717) is 5.02 Å². The minimum atomic E-state index is -4.55. The molecule has 0 unspecified atom stereocenters. The third kappa shape index (κ3) is 3.67. The zero-order chi connectivity index (χ0) is 16.6. The van der Waals surface area contributed by atoms with Crippen molar-refractivity contribution >= 4 is 17.5 Å². The van der Waals surface area contributed by atoms with Crippen LogP contribution < -0.4 is 0 Å². The molecule has 1 saturated carbocycles. The summed E-state index contributed by atoms with van der Waals surface area (Å²) in [6.45, 7) is 0.290. The van der Waals surface area contributed by atoms with Gasteiger partial charge in [-0.05, 0) is 30.5 Å². The fourth-order valence-corrected chi connectivity index (χ4v) is 2.52. The fourth-order valence-electron chi connectivity index (χ4n) is 2.31. The molecular weight excluding hydrogens is 331 g/mol. The monoisotopic (exact) mass is 343 g/mol. The minimum absolute atomic E-state index is 0.0347. The Balaban J connectivity index is 1.81. The molecule has 1 aromatic heterocycles. The van der Waals surface area contributed by atoms with Crippen molar-refractivity contribution in [2.45, 2.75) is 31.6 Å². The van der Waals surface area contributed by atoms with Crippen LogP contribution in [0, 0.1) is 0 Å². The number of benzene rings is 1. The van der Waals surface area contributed by atoms with Crippen LogP contribution in [-0.2, 0) is 12.7 Å². The number of amides is 1. The van der Waals surface area contributed by atoms with Crippen molar-refractivity contribution in [2.24, 2.45) is 0 Å². The van der Waals surface area contributed by atoms with Gasteiger partial charge < -0.3 is 4.90 Å². The number of halogens is 4. The zero-order valence-electron chi connectivity index (χ0n) is 11.9. The third-order valence-electron chi connectivity index (χ3n) is 3.59. The molecule has 4 nitrogen and oxygen atoms in total. The number of carbonyl (C=O) groups is 1. The first kappa shape index (κ1) is 15.9. The van der Waals surface area contributed by atoms with Gasteiger partial charge in [-0.3, -0.25) is 9.89 Å². The number of aromatic nitrogens is 2. The number of nitrogens with zero attached hydrogens (tertiary/aromatic N) is 2. The molecule has 0 saturated heterocycles. The highest BCUT2D eigenvalue weighted by Crippen LogP contribution is 2.31. The van der Waals surface area contributed by atoms with E-state index in [1.165, 1.54) is 0 Å². The number of hydrogen-bond acceptors (Lipinski definition) is 2. The summed E-state index contributed by atoms with van der Waals surface area (Å²) >= 11 is 5.93. The van der Waals surface area contributed by atoms with Gasteiger partial charge in [0, 0.05) is 23.7 Å². The van der Waals surface area contributed by atoms with Gasteiger partial charge in [-0.15, -0.1) is 0 Å². The maximum atomic E-state index is 12.6. The number of rotatable bonds is 4. The van der Waals surface area contributed by atoms with Gasteiger partial charge in [-0.1, -0.05) is 23.7 Å². The minimum Gasteiger partial charge on any atom is -0.330 e. The Morgan fingerprint density at radius 2 is 2.09 bits per heavy atom. The van der Waals surface area contributed by atoms with Crippen LogP contribution in [0.5, 0.6) is 0 Å². The Morgan fingerprint density at radius 1 is 1.35 bits per heavy atom. The molecule has 23 heavy (non-hydrogen) atoms. The molecule has 0 spiro atoms. The second-order valence-electron chi connectivity index (χ2n) is 5.46. The van der Waals surface area contributed by atoms with Gasteiger partial charge in [0.25, 0.3) is 5.91 Å². The predicted molar refractivity (Wildman–Crippen MR) is 77.9 cm³/mol. The van der Waals surface area contributed by atoms with Crippen LogP contribution in [0.1, 0.15) is 34.6 Å². The second kappa shape index (κ2) is 5.88. The first-order valence-electron chi connectivity index (χ1n) is 7.02. The molecule has 122 valence electrons. The molecule has 1 heterocycles. The van der Waals surface area contributed by atoms with E-state index in [2.05, 4.69) is 5.10 Å². The van der Waals surface area contributed by atoms with E-state index < -0.39 is 17.8 Å². The zero-order valence-corrected chi connectivity index (χ0v) is 12.7. The summed E-state index contributed by atoms with van der Waals surface area (Å²) < 4.78 is 37.9. The molecule has 3 rings (SSSR count). The molecule has 0 radical (unpaired) electrons. The second-order valence-corrected chi connectivity index (χ2v) is 5.90. The highest BCUT2D eigenvalue weighted by molar-refractivity contribution is 6.30. The standard InChI is InChI=1S/C15H13ClF3N3O/c16-10-3-1-2-9(6-10)8-22(11-4-5-11)14(23)12-7-13(21-20-12)15(17,18)19/h1-3,6-7,11H,4-5,8H2,(H,20,21). The summed E-state index contributed by atoms with van der Waals surface area (Å²) in [6.07, 6.45) is -2.88. The van der Waals surface area contributed by atoms with Crippen molar-refractivity contribution in [3.63, 3.8) is 0 Å². The van der Waals surface area contributed by atoms with Crippen molar-refractivity contribution in [2.75, 3.05) is 0 Å². The van der Waals surface area contributed by atoms with Crippen LogP contribution in [0.3, 0.4) is 0 Å². The molecule has 1 amide bonds. The smallest absolute Gasteiger partial charge is 0.330 e. The summed E-state index contributed by atoms with van der Waals surface area (Å²) in [4.78, 5) is 14.0. The largest absolute Gasteiger partial charge is 0.432 e. The van der Waals surface area contributed by atoms with Crippen molar-refractivity contribution in [3.8, 4) is 0 Å². The van der Waals surface area contributed by atoms with E-state index in [0.717, 1.165) is 24.5 Å². The van der Waals surface area contributed by atoms with Gasteiger partial charge >= 0.3 is 6.18 Å². The molecule has 1 aliphatic carbocycles. The number of aromatic amines is 1. The van der Waals surface area contributed by atoms with E-state index in [1.807, 2.05) is 11.2 Å². The quantitative estimate of drug-likeness (QED) is 0.915. The number of H-pyrrole nitrogens is 1. The Kier molecular flexibility index (Phi) is 4.06. The average Bonchev–Trinajstić information content (AvgIpc) is 3.18. The maximum Gasteiger partial charge on any atom is 0.432 e. The van der Waals surface area contributed by atoms with Crippen LogP contribution in [0.15, 0.2) is 30.3 Å². The molecule has 2 aromatic rings. The van der Waals surface area contributed by atoms with Crippen molar-refractivity contribution in [3.05, 3.63) is 52.3 Å². The highest BCUT2D eigenvalue weighted by atomic mass is 35.5. The maximum absolute atomic E-state index is 12.6. The Bertz CT molecular complexity index is 725. The Hall–Kier alpha value is -2.02. The number of alkyl halides is 3. The molecule has 8 heteroatoms. The number of nitrogens with one attached hydrogen (secondary N) is 1. The van der Waals surface area contributed by atoms with E-state index in [4.69, 9.17) is 11.6 Å². The van der Waals surface area contributed by atoms with Gasteiger partial charge in [0.1, 0.15) is 5.69 Å². The van der Waals surface area contributed by atoms with E-state index in [9.17, 15) is 18.0 Å². The molecule has 1 aliphatic rings. The number of hydrogen-bond donors (Lipinski definition) is 1. The summed E-state index contributed by atoms with van der Waals surface area (Å²) in [5.74, 6) is -0.515. The molecule has 1 fully saturated rings. The van der Waals surface area contributed by atoms with Crippen molar-refractivity contribution in [1.82, 2.24) is 15.1 Å². The lowest BCUT2D eigenvalue weighted by molar-refractivity contribution is -0.141. The van der Waals surface area contributed by atoms with Gasteiger partial charge in [0.05, 0.1) is 0 Å². The SMILES string of the molecule is O=C(c1cc(C(F)(F)F)[nH]n1)N(Cc1cccc(Cl)c1)C1CC1. The van der Waals surface area contributed by atoms with Gasteiger partial charge in [-0.2, -0.15) is 18.3 Å². The lowest BCUT2D eigenvalue weighted by Crippen LogP contribution is -2.32. The molecule has 0 aliphatic heterocycles. The van der Waals surface area contributed by atoms with Crippen molar-refractivity contribution < 1.29 is 18.0 Å². The lowest BCUT2D eigenvalue weighted by atomic mass is 10.2. The topological polar surface area (TPSA) is 49.0 Å². The molecule has 0 atom stereocenters. The van der Waals surface area contributed by atoms with E-state index in [1.54, 1.807) is 23.1 Å². The Labute approximate surface area is 135 Å². The van der Waals surface area contributed by atoms with E-state index in [-0.39, 0.29) is 18.3 Å². The third-order valence-corrected chi connectivity index (χ3v) is 3.83. The van der Waals surface area contributed by atoms with Crippen LogP contribution in [0.4, 0.5) is 13.2 Å². The predicted octanol–water partition coefficient (Wildman–Crippen LogP) is 3.89. The van der Waals surface area contributed by atoms with E-state index >= 15 is 0 Å².